The van der Waals surface area contributed by atoms with Crippen LogP contribution in [0.4, 0.5) is 0 Å². The normalized spacial score (nSPS) is 26.0. The summed E-state index contributed by atoms with van der Waals surface area (Å²) >= 11 is 0. The Bertz CT molecular complexity index is 462. The second-order valence-electron chi connectivity index (χ2n) is 6.36. The van der Waals surface area contributed by atoms with Gasteiger partial charge in [-0.1, -0.05) is 13.3 Å². The maximum Gasteiger partial charge on any atom is 0.160 e. The van der Waals surface area contributed by atoms with Gasteiger partial charge >= 0.3 is 0 Å². The number of rotatable bonds is 5. The van der Waals surface area contributed by atoms with Gasteiger partial charge in [0.1, 0.15) is 5.60 Å². The van der Waals surface area contributed by atoms with Crippen molar-refractivity contribution in [2.75, 3.05) is 13.2 Å². The maximum absolute atomic E-state index is 6.19. The van der Waals surface area contributed by atoms with E-state index < -0.39 is 0 Å². The predicted octanol–water partition coefficient (Wildman–Crippen LogP) is 3.04. The lowest BCUT2D eigenvalue weighted by Gasteiger charge is -2.38. The van der Waals surface area contributed by atoms with Crippen molar-refractivity contribution >= 4 is 0 Å². The number of hydrogen-bond acceptors (Lipinski definition) is 4. The second kappa shape index (κ2) is 6.84. The Labute approximate surface area is 128 Å². The minimum absolute atomic E-state index is 0.289. The number of aromatic nitrogens is 2. The van der Waals surface area contributed by atoms with E-state index in [4.69, 9.17) is 20.4 Å². The van der Waals surface area contributed by atoms with Gasteiger partial charge in [-0.3, -0.25) is 0 Å². The van der Waals surface area contributed by atoms with Crippen molar-refractivity contribution in [2.45, 2.75) is 65.4 Å². The van der Waals surface area contributed by atoms with Crippen molar-refractivity contribution in [2.24, 2.45) is 11.7 Å². The molecule has 1 aromatic heterocycles. The van der Waals surface area contributed by atoms with Gasteiger partial charge in [-0.05, 0) is 64.5 Å². The minimum atomic E-state index is -0.289. The molecule has 0 aliphatic heterocycles. The van der Waals surface area contributed by atoms with Gasteiger partial charge in [-0.2, -0.15) is 0 Å². The van der Waals surface area contributed by atoms with Gasteiger partial charge in [0.2, 0.25) is 0 Å². The quantitative estimate of drug-likeness (QED) is 0.906. The first-order valence-corrected chi connectivity index (χ1v) is 8.21. The number of aryl methyl sites for hydroxylation is 2. The molecule has 2 atom stereocenters. The standard InChI is InChI=1S/C17H29N3O/c1-5-21-17(9-6-7-12(2)11-17)16-19-13(3)15(8-10-18)14(4)20-16/h12H,5-11,18H2,1-4H3. The van der Waals surface area contributed by atoms with Crippen molar-refractivity contribution in [1.29, 1.82) is 0 Å². The Balaban J connectivity index is 2.41. The molecule has 2 N–H and O–H groups in total. The summed E-state index contributed by atoms with van der Waals surface area (Å²) in [6.45, 7) is 9.83. The van der Waals surface area contributed by atoms with Crippen molar-refractivity contribution < 1.29 is 4.74 Å². The zero-order chi connectivity index (χ0) is 15.5. The summed E-state index contributed by atoms with van der Waals surface area (Å²) in [7, 11) is 0. The SMILES string of the molecule is CCOC1(c2nc(C)c(CCN)c(C)n2)CCCC(C)C1. The van der Waals surface area contributed by atoms with Gasteiger partial charge in [-0.25, -0.2) is 9.97 Å². The van der Waals surface area contributed by atoms with E-state index in [2.05, 4.69) is 27.7 Å². The van der Waals surface area contributed by atoms with Gasteiger partial charge in [0.25, 0.3) is 0 Å². The molecule has 2 rings (SSSR count). The molecule has 4 heteroatoms. The number of nitrogens with zero attached hydrogens (tertiary/aromatic N) is 2. The zero-order valence-corrected chi connectivity index (χ0v) is 13.9. The van der Waals surface area contributed by atoms with E-state index in [1.54, 1.807) is 0 Å². The predicted molar refractivity (Wildman–Crippen MR) is 85.2 cm³/mol. The second-order valence-corrected chi connectivity index (χ2v) is 6.36. The minimum Gasteiger partial charge on any atom is -0.367 e. The van der Waals surface area contributed by atoms with E-state index in [1.165, 1.54) is 18.4 Å². The molecule has 1 aliphatic carbocycles. The molecule has 1 aromatic rings. The molecule has 0 aromatic carbocycles. The summed E-state index contributed by atoms with van der Waals surface area (Å²) in [5, 5.41) is 0. The molecule has 2 unspecified atom stereocenters. The average molecular weight is 291 g/mol. The third kappa shape index (κ3) is 3.43. The third-order valence-electron chi connectivity index (χ3n) is 4.60. The van der Waals surface area contributed by atoms with Crippen LogP contribution >= 0.6 is 0 Å². The van der Waals surface area contributed by atoms with E-state index in [9.17, 15) is 0 Å². The van der Waals surface area contributed by atoms with E-state index in [0.717, 1.165) is 36.5 Å². The van der Waals surface area contributed by atoms with Gasteiger partial charge in [0.05, 0.1) is 0 Å². The number of hydrogen-bond donors (Lipinski definition) is 1. The van der Waals surface area contributed by atoms with E-state index >= 15 is 0 Å². The van der Waals surface area contributed by atoms with Crippen molar-refractivity contribution in [3.05, 3.63) is 22.8 Å². The fourth-order valence-corrected chi connectivity index (χ4v) is 3.63. The summed E-state index contributed by atoms with van der Waals surface area (Å²) in [4.78, 5) is 9.62. The van der Waals surface area contributed by atoms with Gasteiger partial charge in [0, 0.05) is 18.0 Å². The highest BCUT2D eigenvalue weighted by atomic mass is 16.5. The molecule has 0 bridgehead atoms. The lowest BCUT2D eigenvalue weighted by Crippen LogP contribution is -2.37. The maximum atomic E-state index is 6.19. The highest BCUT2D eigenvalue weighted by Gasteiger charge is 2.40. The highest BCUT2D eigenvalue weighted by molar-refractivity contribution is 5.26. The Kier molecular flexibility index (Phi) is 5.33. The monoisotopic (exact) mass is 291 g/mol. The Morgan fingerprint density at radius 3 is 2.48 bits per heavy atom. The average Bonchev–Trinajstić information content (AvgIpc) is 2.43. The van der Waals surface area contributed by atoms with Crippen LogP contribution in [-0.4, -0.2) is 23.1 Å². The van der Waals surface area contributed by atoms with E-state index in [-0.39, 0.29) is 5.60 Å². The molecule has 1 saturated carbocycles. The molecule has 0 amide bonds. The molecule has 1 aliphatic rings. The first-order chi connectivity index (χ1) is 10.0. The highest BCUT2D eigenvalue weighted by Crippen LogP contribution is 2.41. The molecule has 0 spiro atoms. The molecule has 1 fully saturated rings. The van der Waals surface area contributed by atoms with Crippen LogP contribution in [0.15, 0.2) is 0 Å². The number of nitrogens with two attached hydrogens (primary N) is 1. The van der Waals surface area contributed by atoms with Gasteiger partial charge in [-0.15, -0.1) is 0 Å². The Morgan fingerprint density at radius 1 is 1.29 bits per heavy atom. The summed E-state index contributed by atoms with van der Waals surface area (Å²) in [6, 6.07) is 0. The smallest absolute Gasteiger partial charge is 0.160 e. The summed E-state index contributed by atoms with van der Waals surface area (Å²) in [5.41, 5.74) is 8.71. The van der Waals surface area contributed by atoms with Gasteiger partial charge in [0.15, 0.2) is 5.82 Å². The third-order valence-corrected chi connectivity index (χ3v) is 4.60. The zero-order valence-electron chi connectivity index (χ0n) is 13.9. The Hall–Kier alpha value is -1.00. The topological polar surface area (TPSA) is 61.0 Å². The lowest BCUT2D eigenvalue weighted by atomic mass is 9.78. The van der Waals surface area contributed by atoms with Crippen LogP contribution in [-0.2, 0) is 16.8 Å². The molecule has 0 radical (unpaired) electrons. The van der Waals surface area contributed by atoms with Crippen molar-refractivity contribution in [3.63, 3.8) is 0 Å². The van der Waals surface area contributed by atoms with Crippen LogP contribution in [0.2, 0.25) is 0 Å². The molecule has 4 nitrogen and oxygen atoms in total. The fraction of sp³-hybridized carbons (Fsp3) is 0.765. The van der Waals surface area contributed by atoms with Crippen LogP contribution in [0.1, 0.15) is 62.3 Å². The largest absolute Gasteiger partial charge is 0.367 e. The van der Waals surface area contributed by atoms with Crippen LogP contribution in [0.25, 0.3) is 0 Å². The molecular weight excluding hydrogens is 262 g/mol. The van der Waals surface area contributed by atoms with Crippen molar-refractivity contribution in [1.82, 2.24) is 9.97 Å². The first kappa shape index (κ1) is 16.4. The van der Waals surface area contributed by atoms with Crippen LogP contribution in [0.3, 0.4) is 0 Å². The summed E-state index contributed by atoms with van der Waals surface area (Å²) < 4.78 is 6.19. The fourth-order valence-electron chi connectivity index (χ4n) is 3.63. The summed E-state index contributed by atoms with van der Waals surface area (Å²) in [5.74, 6) is 1.55. The first-order valence-electron chi connectivity index (χ1n) is 8.21. The molecule has 118 valence electrons. The number of ether oxygens (including phenoxy) is 1. The molecule has 21 heavy (non-hydrogen) atoms. The van der Waals surface area contributed by atoms with Gasteiger partial charge < -0.3 is 10.5 Å². The van der Waals surface area contributed by atoms with Crippen LogP contribution in [0, 0.1) is 19.8 Å². The summed E-state index contributed by atoms with van der Waals surface area (Å²) in [6.07, 6.45) is 5.36. The molecule has 0 saturated heterocycles. The van der Waals surface area contributed by atoms with Crippen LogP contribution in [0.5, 0.6) is 0 Å². The van der Waals surface area contributed by atoms with E-state index in [0.29, 0.717) is 19.1 Å². The molecule has 1 heterocycles. The van der Waals surface area contributed by atoms with Crippen LogP contribution < -0.4 is 5.73 Å². The Morgan fingerprint density at radius 2 is 1.95 bits per heavy atom. The van der Waals surface area contributed by atoms with Crippen molar-refractivity contribution in [3.8, 4) is 0 Å². The van der Waals surface area contributed by atoms with E-state index in [1.807, 2.05) is 0 Å². The molecular formula is C17H29N3O. The lowest BCUT2D eigenvalue weighted by molar-refractivity contribution is -0.0883.